The molecule has 0 aliphatic rings. The lowest BCUT2D eigenvalue weighted by atomic mass is 10.1. The number of hydrogen-bond donors (Lipinski definition) is 3. The van der Waals surface area contributed by atoms with Crippen molar-refractivity contribution in [2.75, 3.05) is 17.2 Å². The molecule has 0 spiro atoms. The van der Waals surface area contributed by atoms with Crippen molar-refractivity contribution in [2.24, 2.45) is 20.5 Å². The third kappa shape index (κ3) is 3.51. The first-order valence-corrected chi connectivity index (χ1v) is 7.98. The Labute approximate surface area is 151 Å². The molecule has 0 aliphatic heterocycles. The molecule has 3 aromatic rings. The van der Waals surface area contributed by atoms with Crippen LogP contribution < -0.4 is 17.2 Å². The maximum absolute atomic E-state index is 6.21. The van der Waals surface area contributed by atoms with Crippen molar-refractivity contribution in [2.45, 2.75) is 6.92 Å². The molecule has 0 heterocycles. The van der Waals surface area contributed by atoms with Gasteiger partial charge in [-0.05, 0) is 36.8 Å². The van der Waals surface area contributed by atoms with Gasteiger partial charge in [0.15, 0.2) is 0 Å². The van der Waals surface area contributed by atoms with E-state index in [1.165, 1.54) is 0 Å². The molecule has 7 heteroatoms. The molecule has 26 heavy (non-hydrogen) atoms. The summed E-state index contributed by atoms with van der Waals surface area (Å²) in [6.45, 7) is 1.78. The molecule has 0 radical (unpaired) electrons. The van der Waals surface area contributed by atoms with Crippen LogP contribution >= 0.6 is 0 Å². The van der Waals surface area contributed by atoms with Crippen molar-refractivity contribution in [3.8, 4) is 0 Å². The van der Waals surface area contributed by atoms with Crippen molar-refractivity contribution in [1.29, 1.82) is 0 Å². The first-order valence-electron chi connectivity index (χ1n) is 7.98. The smallest absolute Gasteiger partial charge is 0.134 e. The normalized spacial score (nSPS) is 11.4. The maximum Gasteiger partial charge on any atom is 0.134 e. The third-order valence-electron chi connectivity index (χ3n) is 3.87. The number of azo groups is 2. The summed E-state index contributed by atoms with van der Waals surface area (Å²) in [6.07, 6.45) is 0. The second-order valence-electron chi connectivity index (χ2n) is 5.63. The molecule has 7 nitrogen and oxygen atoms in total. The van der Waals surface area contributed by atoms with Crippen LogP contribution in [0, 0.1) is 6.92 Å². The third-order valence-corrected chi connectivity index (χ3v) is 3.87. The Morgan fingerprint density at radius 2 is 0.923 bits per heavy atom. The van der Waals surface area contributed by atoms with Crippen LogP contribution in [0.15, 0.2) is 81.1 Å². The Balaban J connectivity index is 2.04. The molecule has 6 N–H and O–H groups in total. The maximum atomic E-state index is 6.21. The number of anilines is 3. The van der Waals surface area contributed by atoms with Gasteiger partial charge in [0, 0.05) is 0 Å². The van der Waals surface area contributed by atoms with Gasteiger partial charge in [0.05, 0.1) is 28.4 Å². The summed E-state index contributed by atoms with van der Waals surface area (Å²) in [4.78, 5) is 0. The van der Waals surface area contributed by atoms with E-state index in [-0.39, 0.29) is 5.69 Å². The van der Waals surface area contributed by atoms with E-state index in [1.807, 2.05) is 60.7 Å². The van der Waals surface area contributed by atoms with Crippen molar-refractivity contribution < 1.29 is 0 Å². The summed E-state index contributed by atoms with van der Waals surface area (Å²) in [5.41, 5.74) is 22.2. The topological polar surface area (TPSA) is 127 Å². The molecule has 3 aromatic carbocycles. The number of hydrogen-bond acceptors (Lipinski definition) is 7. The van der Waals surface area contributed by atoms with Crippen molar-refractivity contribution >= 4 is 39.8 Å². The fourth-order valence-electron chi connectivity index (χ4n) is 2.32. The Morgan fingerprint density at radius 1 is 0.538 bits per heavy atom. The van der Waals surface area contributed by atoms with Crippen LogP contribution in [0.4, 0.5) is 39.8 Å². The average Bonchev–Trinajstić information content (AvgIpc) is 2.68. The van der Waals surface area contributed by atoms with E-state index in [9.17, 15) is 0 Å². The minimum absolute atomic E-state index is 0.241. The minimum atomic E-state index is 0.241. The first-order chi connectivity index (χ1) is 12.6. The lowest BCUT2D eigenvalue weighted by molar-refractivity contribution is 1.20. The van der Waals surface area contributed by atoms with E-state index in [0.717, 1.165) is 0 Å². The van der Waals surface area contributed by atoms with Gasteiger partial charge in [0.25, 0.3) is 0 Å². The zero-order valence-electron chi connectivity index (χ0n) is 14.3. The van der Waals surface area contributed by atoms with Crippen LogP contribution in [0.2, 0.25) is 0 Å². The fraction of sp³-hybridized carbons (Fsp3) is 0.0526. The molecule has 0 bridgehead atoms. The number of rotatable bonds is 4. The van der Waals surface area contributed by atoms with Gasteiger partial charge in [-0.25, -0.2) is 0 Å². The van der Waals surface area contributed by atoms with Crippen molar-refractivity contribution in [3.63, 3.8) is 0 Å². The number of nitrogens with zero attached hydrogens (tertiary/aromatic N) is 4. The molecular formula is C19H19N7. The molecule has 3 rings (SSSR count). The van der Waals surface area contributed by atoms with Gasteiger partial charge >= 0.3 is 0 Å². The quantitative estimate of drug-likeness (QED) is 0.422. The predicted molar refractivity (Wildman–Crippen MR) is 106 cm³/mol. The van der Waals surface area contributed by atoms with Gasteiger partial charge in [-0.2, -0.15) is 10.2 Å². The van der Waals surface area contributed by atoms with Gasteiger partial charge in [-0.15, -0.1) is 10.2 Å². The van der Waals surface area contributed by atoms with Crippen LogP contribution in [0.3, 0.4) is 0 Å². The van der Waals surface area contributed by atoms with Crippen LogP contribution in [-0.4, -0.2) is 0 Å². The lowest BCUT2D eigenvalue weighted by Crippen LogP contribution is -2.01. The Bertz CT molecular complexity index is 888. The second-order valence-corrected chi connectivity index (χ2v) is 5.63. The van der Waals surface area contributed by atoms with Gasteiger partial charge in [0.1, 0.15) is 11.4 Å². The molecule has 0 aromatic heterocycles. The molecule has 0 saturated carbocycles. The van der Waals surface area contributed by atoms with Crippen LogP contribution in [0.25, 0.3) is 0 Å². The Hall–Kier alpha value is -3.74. The highest BCUT2D eigenvalue weighted by Crippen LogP contribution is 2.45. The van der Waals surface area contributed by atoms with Crippen LogP contribution in [0.5, 0.6) is 0 Å². The minimum Gasteiger partial charge on any atom is -0.397 e. The lowest BCUT2D eigenvalue weighted by Gasteiger charge is -2.13. The highest BCUT2D eigenvalue weighted by Gasteiger charge is 2.17. The SMILES string of the molecule is Cc1c(N)c(N=Nc2ccccc2)c(N)c(N=Nc2ccccc2)c1N. The molecule has 0 amide bonds. The summed E-state index contributed by atoms with van der Waals surface area (Å²) in [7, 11) is 0. The summed E-state index contributed by atoms with van der Waals surface area (Å²) in [5.74, 6) is 0. The fourth-order valence-corrected chi connectivity index (χ4v) is 2.32. The summed E-state index contributed by atoms with van der Waals surface area (Å²) >= 11 is 0. The molecule has 0 aliphatic carbocycles. The van der Waals surface area contributed by atoms with E-state index in [4.69, 9.17) is 17.2 Å². The molecule has 0 fully saturated rings. The summed E-state index contributed by atoms with van der Waals surface area (Å²) in [6, 6.07) is 18.6. The predicted octanol–water partition coefficient (Wildman–Crippen LogP) is 5.57. The van der Waals surface area contributed by atoms with Gasteiger partial charge in [0.2, 0.25) is 0 Å². The number of nitrogen functional groups attached to an aromatic ring is 3. The van der Waals surface area contributed by atoms with E-state index >= 15 is 0 Å². The summed E-state index contributed by atoms with van der Waals surface area (Å²) in [5, 5.41) is 16.8. The molecule has 0 unspecified atom stereocenters. The zero-order valence-corrected chi connectivity index (χ0v) is 14.3. The highest BCUT2D eigenvalue weighted by atomic mass is 15.1. The van der Waals surface area contributed by atoms with E-state index in [0.29, 0.717) is 39.7 Å². The van der Waals surface area contributed by atoms with Crippen LogP contribution in [0.1, 0.15) is 5.56 Å². The second kappa shape index (κ2) is 7.43. The van der Waals surface area contributed by atoms with Crippen molar-refractivity contribution in [3.05, 3.63) is 66.2 Å². The molecule has 0 saturated heterocycles. The number of nitrogens with two attached hydrogens (primary N) is 3. The van der Waals surface area contributed by atoms with Crippen LogP contribution in [-0.2, 0) is 0 Å². The number of benzene rings is 3. The Kier molecular flexibility index (Phi) is 4.89. The Morgan fingerprint density at radius 3 is 1.31 bits per heavy atom. The summed E-state index contributed by atoms with van der Waals surface area (Å²) < 4.78 is 0. The molecular weight excluding hydrogens is 326 g/mol. The molecule has 130 valence electrons. The standard InChI is InChI=1S/C19H19N7/c1-12-15(20)18(25-23-13-8-4-2-5-9-13)17(22)19(16(12)21)26-24-14-10-6-3-7-11-14/h2-11H,20-22H2,1H3. The first kappa shape index (κ1) is 17.1. The largest absolute Gasteiger partial charge is 0.397 e. The average molecular weight is 345 g/mol. The molecule has 0 atom stereocenters. The van der Waals surface area contributed by atoms with Gasteiger partial charge in [-0.3, -0.25) is 0 Å². The van der Waals surface area contributed by atoms with E-state index in [1.54, 1.807) is 6.92 Å². The van der Waals surface area contributed by atoms with Gasteiger partial charge < -0.3 is 17.2 Å². The van der Waals surface area contributed by atoms with E-state index in [2.05, 4.69) is 20.5 Å². The van der Waals surface area contributed by atoms with Gasteiger partial charge in [-0.1, -0.05) is 36.4 Å². The van der Waals surface area contributed by atoms with Crippen molar-refractivity contribution in [1.82, 2.24) is 0 Å². The van der Waals surface area contributed by atoms with E-state index < -0.39 is 0 Å². The monoisotopic (exact) mass is 345 g/mol. The zero-order chi connectivity index (χ0) is 18.5. The highest BCUT2D eigenvalue weighted by molar-refractivity contribution is 5.95.